The summed E-state index contributed by atoms with van der Waals surface area (Å²) in [5.74, 6) is -0.951. The fourth-order valence-electron chi connectivity index (χ4n) is 2.18. The summed E-state index contributed by atoms with van der Waals surface area (Å²) in [6, 6.07) is 0. The van der Waals surface area contributed by atoms with Crippen molar-refractivity contribution in [3.05, 3.63) is 0 Å². The third-order valence-electron chi connectivity index (χ3n) is 4.09. The topological polar surface area (TPSA) is 74.2 Å². The van der Waals surface area contributed by atoms with Crippen LogP contribution in [-0.2, 0) is 24.3 Å². The lowest BCUT2D eigenvalue weighted by Gasteiger charge is -2.30. The highest BCUT2D eigenvalue weighted by Crippen LogP contribution is 2.26. The average molecular weight is 407 g/mol. The number of rotatable bonds is 16. The minimum atomic E-state index is -1.21. The van der Waals surface area contributed by atoms with Crippen molar-refractivity contribution in [2.75, 3.05) is 13.2 Å². The Balaban J connectivity index is 0. The molecule has 0 saturated carbocycles. The summed E-state index contributed by atoms with van der Waals surface area (Å²) in [5.41, 5.74) is -1.70. The molecule has 0 amide bonds. The summed E-state index contributed by atoms with van der Waals surface area (Å²) >= 11 is 0. The maximum atomic E-state index is 11.3. The average Bonchev–Trinajstić information content (AvgIpc) is 2.64. The molecular formula is C22H46O6. The van der Waals surface area contributed by atoms with Crippen molar-refractivity contribution in [3.63, 3.8) is 0 Å². The molecule has 0 aliphatic heterocycles. The summed E-state index contributed by atoms with van der Waals surface area (Å²) in [5, 5.41) is 9.24. The number of aliphatic carboxylic acids is 1. The standard InChI is InChI=1S/C12H24O4.C10H22O2/c1-6-8-9-12(7-2,10(13)14)16-15-11(3,4)5;1-3-5-7-9-11-12-10-8-6-4-2/h6-9H2,1-5H3,(H,13,14);3-10H2,1-2H3. The predicted molar refractivity (Wildman–Crippen MR) is 113 cm³/mol. The highest BCUT2D eigenvalue weighted by Gasteiger charge is 2.40. The Hall–Kier alpha value is -0.690. The van der Waals surface area contributed by atoms with Crippen molar-refractivity contribution < 1.29 is 29.5 Å². The summed E-state index contributed by atoms with van der Waals surface area (Å²) in [4.78, 5) is 31.6. The van der Waals surface area contributed by atoms with E-state index in [1.807, 2.05) is 27.7 Å². The molecular weight excluding hydrogens is 360 g/mol. The van der Waals surface area contributed by atoms with Crippen LogP contribution in [0.4, 0.5) is 0 Å². The monoisotopic (exact) mass is 406 g/mol. The van der Waals surface area contributed by atoms with Gasteiger partial charge in [0.1, 0.15) is 0 Å². The molecule has 6 nitrogen and oxygen atoms in total. The molecule has 6 heteroatoms. The van der Waals surface area contributed by atoms with Gasteiger partial charge in [0.15, 0.2) is 5.60 Å². The minimum Gasteiger partial charge on any atom is -0.479 e. The summed E-state index contributed by atoms with van der Waals surface area (Å²) in [6.07, 6.45) is 9.80. The maximum Gasteiger partial charge on any atom is 0.339 e. The molecule has 0 saturated heterocycles. The zero-order valence-electron chi connectivity index (χ0n) is 19.5. The highest BCUT2D eigenvalue weighted by atomic mass is 17.2. The van der Waals surface area contributed by atoms with Gasteiger partial charge < -0.3 is 5.11 Å². The first-order valence-electron chi connectivity index (χ1n) is 11.0. The molecule has 0 spiro atoms. The second kappa shape index (κ2) is 18.3. The van der Waals surface area contributed by atoms with E-state index < -0.39 is 17.2 Å². The predicted octanol–water partition coefficient (Wildman–Crippen LogP) is 6.47. The van der Waals surface area contributed by atoms with Gasteiger partial charge in [0.2, 0.25) is 0 Å². The Morgan fingerprint density at radius 2 is 1.21 bits per heavy atom. The fraction of sp³-hybridized carbons (Fsp3) is 0.955. The summed E-state index contributed by atoms with van der Waals surface area (Å²) in [6.45, 7) is 15.2. The Morgan fingerprint density at radius 1 is 0.750 bits per heavy atom. The molecule has 1 N–H and O–H groups in total. The normalized spacial score (nSPS) is 13.5. The van der Waals surface area contributed by atoms with Crippen molar-refractivity contribution in [3.8, 4) is 0 Å². The minimum absolute atomic E-state index is 0.401. The van der Waals surface area contributed by atoms with Gasteiger partial charge in [-0.3, -0.25) is 0 Å². The van der Waals surface area contributed by atoms with Gasteiger partial charge in [0.25, 0.3) is 0 Å². The van der Waals surface area contributed by atoms with Crippen LogP contribution >= 0.6 is 0 Å². The lowest BCUT2D eigenvalue weighted by Crippen LogP contribution is -2.43. The van der Waals surface area contributed by atoms with Crippen molar-refractivity contribution in [1.29, 1.82) is 0 Å². The van der Waals surface area contributed by atoms with Crippen molar-refractivity contribution in [2.45, 2.75) is 124 Å². The van der Waals surface area contributed by atoms with E-state index in [4.69, 9.17) is 19.6 Å². The van der Waals surface area contributed by atoms with Gasteiger partial charge in [-0.25, -0.2) is 24.3 Å². The van der Waals surface area contributed by atoms with Gasteiger partial charge in [-0.1, -0.05) is 66.2 Å². The van der Waals surface area contributed by atoms with Crippen LogP contribution in [0.15, 0.2) is 0 Å². The van der Waals surface area contributed by atoms with E-state index in [1.54, 1.807) is 6.92 Å². The lowest BCUT2D eigenvalue weighted by atomic mass is 9.94. The molecule has 0 aromatic rings. The van der Waals surface area contributed by atoms with E-state index in [2.05, 4.69) is 13.8 Å². The van der Waals surface area contributed by atoms with Crippen molar-refractivity contribution in [1.82, 2.24) is 0 Å². The largest absolute Gasteiger partial charge is 0.479 e. The van der Waals surface area contributed by atoms with Gasteiger partial charge in [0.05, 0.1) is 18.8 Å². The van der Waals surface area contributed by atoms with Crippen molar-refractivity contribution in [2.24, 2.45) is 0 Å². The van der Waals surface area contributed by atoms with E-state index in [0.29, 0.717) is 12.8 Å². The van der Waals surface area contributed by atoms with E-state index in [-0.39, 0.29) is 0 Å². The zero-order valence-corrected chi connectivity index (χ0v) is 19.5. The second-order valence-corrected chi connectivity index (χ2v) is 8.09. The van der Waals surface area contributed by atoms with Gasteiger partial charge in [0, 0.05) is 0 Å². The van der Waals surface area contributed by atoms with Crippen LogP contribution in [0, 0.1) is 0 Å². The number of carboxylic acid groups (broad SMARTS) is 1. The molecule has 1 unspecified atom stereocenters. The first-order chi connectivity index (χ1) is 13.2. The van der Waals surface area contributed by atoms with Crippen LogP contribution in [0.5, 0.6) is 0 Å². The number of carbonyl (C=O) groups is 1. The molecule has 0 aliphatic carbocycles. The van der Waals surface area contributed by atoms with Crippen molar-refractivity contribution >= 4 is 5.97 Å². The van der Waals surface area contributed by atoms with Crippen LogP contribution in [-0.4, -0.2) is 35.5 Å². The van der Waals surface area contributed by atoms with E-state index in [9.17, 15) is 9.90 Å². The van der Waals surface area contributed by atoms with E-state index in [0.717, 1.165) is 38.9 Å². The quantitative estimate of drug-likeness (QED) is 0.180. The molecule has 0 heterocycles. The molecule has 1 atom stereocenters. The van der Waals surface area contributed by atoms with Crippen LogP contribution < -0.4 is 0 Å². The number of unbranched alkanes of at least 4 members (excludes halogenated alkanes) is 5. The summed E-state index contributed by atoms with van der Waals surface area (Å²) < 4.78 is 0. The van der Waals surface area contributed by atoms with E-state index in [1.165, 1.54) is 25.7 Å². The van der Waals surface area contributed by atoms with Crippen LogP contribution in [0.25, 0.3) is 0 Å². The highest BCUT2D eigenvalue weighted by molar-refractivity contribution is 5.77. The van der Waals surface area contributed by atoms with Crippen LogP contribution in [0.1, 0.15) is 113 Å². The Bertz CT molecular complexity index is 343. The molecule has 28 heavy (non-hydrogen) atoms. The zero-order chi connectivity index (χ0) is 21.9. The lowest BCUT2D eigenvalue weighted by molar-refractivity contribution is -0.398. The summed E-state index contributed by atoms with van der Waals surface area (Å²) in [7, 11) is 0. The van der Waals surface area contributed by atoms with Gasteiger partial charge >= 0.3 is 5.97 Å². The number of hydrogen-bond acceptors (Lipinski definition) is 5. The maximum absolute atomic E-state index is 11.3. The Morgan fingerprint density at radius 3 is 1.54 bits per heavy atom. The van der Waals surface area contributed by atoms with Crippen LogP contribution in [0.2, 0.25) is 0 Å². The smallest absolute Gasteiger partial charge is 0.339 e. The molecule has 0 fully saturated rings. The molecule has 0 radical (unpaired) electrons. The first kappa shape index (κ1) is 29.5. The third kappa shape index (κ3) is 17.4. The van der Waals surface area contributed by atoms with Gasteiger partial charge in [-0.2, -0.15) is 0 Å². The molecule has 0 aromatic carbocycles. The van der Waals surface area contributed by atoms with Gasteiger partial charge in [-0.05, 0) is 46.5 Å². The SMILES string of the molecule is CCCCC(CC)(OOC(C)(C)C)C(=O)O.CCCCCOOCCCCC. The first-order valence-corrected chi connectivity index (χ1v) is 11.0. The number of hydrogen-bond donors (Lipinski definition) is 1. The number of carboxylic acids is 1. The van der Waals surface area contributed by atoms with E-state index >= 15 is 0 Å². The molecule has 0 aliphatic rings. The molecule has 0 aromatic heterocycles. The third-order valence-corrected chi connectivity index (χ3v) is 4.09. The fourth-order valence-corrected chi connectivity index (χ4v) is 2.18. The molecule has 0 bridgehead atoms. The van der Waals surface area contributed by atoms with Gasteiger partial charge in [-0.15, -0.1) is 0 Å². The molecule has 0 rings (SSSR count). The van der Waals surface area contributed by atoms with Crippen LogP contribution in [0.3, 0.4) is 0 Å². The second-order valence-electron chi connectivity index (χ2n) is 8.09. The Kier molecular flexibility index (Phi) is 19.3. The Labute approximate surface area is 173 Å². The molecule has 170 valence electrons.